The summed E-state index contributed by atoms with van der Waals surface area (Å²) < 4.78 is 51.6. The molecule has 1 saturated carbocycles. The van der Waals surface area contributed by atoms with Gasteiger partial charge >= 0.3 is 18.1 Å². The monoisotopic (exact) mass is 558 g/mol. The van der Waals surface area contributed by atoms with Crippen molar-refractivity contribution in [2.75, 3.05) is 5.32 Å². The van der Waals surface area contributed by atoms with E-state index in [0.29, 0.717) is 49.4 Å². The molecule has 1 fully saturated rings. The van der Waals surface area contributed by atoms with E-state index in [9.17, 15) is 27.5 Å². The molecule has 0 spiro atoms. The van der Waals surface area contributed by atoms with Gasteiger partial charge in [-0.15, -0.1) is 0 Å². The van der Waals surface area contributed by atoms with Gasteiger partial charge in [0.1, 0.15) is 5.82 Å². The summed E-state index contributed by atoms with van der Waals surface area (Å²) in [4.78, 5) is 25.7. The molecule has 1 aliphatic carbocycles. The maximum atomic E-state index is 14.1. The largest absolute Gasteiger partial charge is 0.490 e. The quantitative estimate of drug-likeness (QED) is 0.275. The predicted molar refractivity (Wildman–Crippen MR) is 128 cm³/mol. The summed E-state index contributed by atoms with van der Waals surface area (Å²) in [6, 6.07) is 11.9. The maximum absolute atomic E-state index is 14.1. The molecule has 204 valence electrons. The average Bonchev–Trinajstić information content (AvgIpc) is 3.36. The summed E-state index contributed by atoms with van der Waals surface area (Å²) in [6.45, 7) is 0. The highest BCUT2D eigenvalue weighted by molar-refractivity contribution is 6.30. The summed E-state index contributed by atoms with van der Waals surface area (Å²) in [5, 5.41) is 27.0. The number of rotatable bonds is 7. The minimum Gasteiger partial charge on any atom is -0.487 e. The van der Waals surface area contributed by atoms with Gasteiger partial charge in [-0.1, -0.05) is 23.7 Å². The summed E-state index contributed by atoms with van der Waals surface area (Å²) in [6.07, 6.45) is -1.52. The third-order valence-corrected chi connectivity index (χ3v) is 6.17. The van der Waals surface area contributed by atoms with E-state index in [1.165, 1.54) is 12.1 Å². The molecule has 38 heavy (non-hydrogen) atoms. The Balaban J connectivity index is 0.000000505. The van der Waals surface area contributed by atoms with Crippen LogP contribution in [0.15, 0.2) is 48.7 Å². The zero-order valence-electron chi connectivity index (χ0n) is 19.6. The number of hydrogen-bond acceptors (Lipinski definition) is 6. The van der Waals surface area contributed by atoms with E-state index in [2.05, 4.69) is 20.5 Å². The Bertz CT molecular complexity index is 1250. The molecule has 2 heterocycles. The molecule has 9 nitrogen and oxygen atoms in total. The fraction of sp³-hybridized carbons (Fsp3) is 0.333. The molecule has 0 bridgehead atoms. The molecule has 0 saturated heterocycles. The van der Waals surface area contributed by atoms with Crippen molar-refractivity contribution in [1.82, 2.24) is 15.2 Å². The number of halogens is 5. The number of ether oxygens (including phenoxy) is 1. The molecule has 2 aromatic heterocycles. The summed E-state index contributed by atoms with van der Waals surface area (Å²) >= 11 is 5.82. The first kappa shape index (κ1) is 28.7. The fourth-order valence-electron chi connectivity index (χ4n) is 3.94. The zero-order valence-corrected chi connectivity index (χ0v) is 20.4. The van der Waals surface area contributed by atoms with Crippen LogP contribution in [-0.4, -0.2) is 49.6 Å². The SMILES string of the molecule is O=C(O)C(F)(F)F.O=C(O)[C@]1(Cc2cccc(Nc3cc[nH]n3)n2)CC[C@@H](Oc2cccc(Cl)c2F)CC1. The smallest absolute Gasteiger partial charge is 0.487 e. The van der Waals surface area contributed by atoms with E-state index in [-0.39, 0.29) is 16.9 Å². The second-order valence-electron chi connectivity index (χ2n) is 8.53. The van der Waals surface area contributed by atoms with Crippen LogP contribution in [0.5, 0.6) is 5.75 Å². The molecule has 4 N–H and O–H groups in total. The van der Waals surface area contributed by atoms with Crippen LogP contribution in [0.1, 0.15) is 31.4 Å². The summed E-state index contributed by atoms with van der Waals surface area (Å²) in [5.41, 5.74) is -0.256. The van der Waals surface area contributed by atoms with Gasteiger partial charge in [-0.25, -0.2) is 14.2 Å². The van der Waals surface area contributed by atoms with Crippen molar-refractivity contribution in [3.8, 4) is 5.75 Å². The molecule has 0 radical (unpaired) electrons. The Kier molecular flexibility index (Phi) is 9.15. The second kappa shape index (κ2) is 12.1. The van der Waals surface area contributed by atoms with Gasteiger partial charge in [-0.3, -0.25) is 9.89 Å². The van der Waals surface area contributed by atoms with Crippen molar-refractivity contribution in [3.63, 3.8) is 0 Å². The predicted octanol–water partition coefficient (Wildman–Crippen LogP) is 5.61. The lowest BCUT2D eigenvalue weighted by Crippen LogP contribution is -2.40. The van der Waals surface area contributed by atoms with Crippen LogP contribution >= 0.6 is 11.6 Å². The highest BCUT2D eigenvalue weighted by Gasteiger charge is 2.43. The lowest BCUT2D eigenvalue weighted by molar-refractivity contribution is -0.192. The molecule has 1 aliphatic rings. The van der Waals surface area contributed by atoms with Gasteiger partial charge in [0.25, 0.3) is 0 Å². The Morgan fingerprint density at radius 3 is 2.34 bits per heavy atom. The second-order valence-corrected chi connectivity index (χ2v) is 8.94. The third kappa shape index (κ3) is 7.57. The summed E-state index contributed by atoms with van der Waals surface area (Å²) in [7, 11) is 0. The van der Waals surface area contributed by atoms with Crippen molar-refractivity contribution in [2.45, 2.75) is 44.4 Å². The number of nitrogens with one attached hydrogen (secondary N) is 2. The molecule has 0 unspecified atom stereocenters. The highest BCUT2D eigenvalue weighted by atomic mass is 35.5. The number of benzene rings is 1. The molecular weight excluding hydrogens is 536 g/mol. The van der Waals surface area contributed by atoms with E-state index in [1.54, 1.807) is 24.4 Å². The number of carboxylic acid groups (broad SMARTS) is 2. The Morgan fingerprint density at radius 2 is 1.76 bits per heavy atom. The van der Waals surface area contributed by atoms with Crippen LogP contribution in [0, 0.1) is 11.2 Å². The Hall–Kier alpha value is -3.87. The van der Waals surface area contributed by atoms with Gasteiger partial charge in [-0.05, 0) is 49.9 Å². The van der Waals surface area contributed by atoms with Crippen molar-refractivity contribution in [1.29, 1.82) is 0 Å². The molecule has 0 amide bonds. The van der Waals surface area contributed by atoms with E-state index in [1.807, 2.05) is 12.1 Å². The third-order valence-electron chi connectivity index (χ3n) is 5.88. The lowest BCUT2D eigenvalue weighted by atomic mass is 9.70. The van der Waals surface area contributed by atoms with Crippen LogP contribution in [0.25, 0.3) is 0 Å². The van der Waals surface area contributed by atoms with Crippen LogP contribution < -0.4 is 10.1 Å². The maximum Gasteiger partial charge on any atom is 0.490 e. The first-order valence-corrected chi connectivity index (χ1v) is 11.6. The fourth-order valence-corrected chi connectivity index (χ4v) is 4.10. The topological polar surface area (TPSA) is 137 Å². The number of H-pyrrole nitrogens is 1. The molecule has 1 aromatic carbocycles. The standard InChI is InChI=1S/C22H22ClFN4O3.C2HF3O2/c23-16-4-2-5-17(20(16)24)31-15-7-10-22(11-8-15,21(29)30)13-14-3-1-6-18(26-14)27-19-9-12-25-28-19;3-2(4,5)1(6)7/h1-6,9,12,15H,7-8,10-11,13H2,(H,29,30)(H2,25,26,27,28);(H,6,7)/t15-,22-;. The number of hydrogen-bond donors (Lipinski definition) is 4. The molecule has 3 aromatic rings. The number of alkyl halides is 3. The van der Waals surface area contributed by atoms with Crippen molar-refractivity contribution >= 4 is 35.2 Å². The van der Waals surface area contributed by atoms with Gasteiger partial charge < -0.3 is 20.3 Å². The van der Waals surface area contributed by atoms with E-state index < -0.39 is 29.3 Å². The number of aromatic amines is 1. The van der Waals surface area contributed by atoms with Crippen molar-refractivity contribution in [2.24, 2.45) is 5.41 Å². The van der Waals surface area contributed by atoms with Gasteiger partial charge in [-0.2, -0.15) is 18.3 Å². The number of pyridine rings is 1. The van der Waals surface area contributed by atoms with Gasteiger partial charge in [0.2, 0.25) is 0 Å². The van der Waals surface area contributed by atoms with E-state index in [4.69, 9.17) is 26.2 Å². The Morgan fingerprint density at radius 1 is 1.11 bits per heavy atom. The van der Waals surface area contributed by atoms with Crippen LogP contribution in [0.2, 0.25) is 5.02 Å². The molecular formula is C24H23ClF4N4O5. The molecule has 0 atom stereocenters. The lowest BCUT2D eigenvalue weighted by Gasteiger charge is -2.36. The minimum absolute atomic E-state index is 0.00240. The summed E-state index contributed by atoms with van der Waals surface area (Å²) in [5.74, 6) is -2.88. The van der Waals surface area contributed by atoms with Crippen LogP contribution in [-0.2, 0) is 16.0 Å². The first-order valence-electron chi connectivity index (χ1n) is 11.3. The van der Waals surface area contributed by atoms with Gasteiger partial charge in [0, 0.05) is 24.4 Å². The normalized spacial score (nSPS) is 19.1. The number of carboxylic acids is 2. The number of anilines is 2. The zero-order chi connectivity index (χ0) is 27.9. The van der Waals surface area contributed by atoms with Crippen molar-refractivity contribution in [3.05, 3.63) is 65.2 Å². The van der Waals surface area contributed by atoms with E-state index in [0.717, 1.165) is 0 Å². The number of carbonyl (C=O) groups is 2. The molecule has 4 rings (SSSR count). The van der Waals surface area contributed by atoms with Crippen LogP contribution in [0.3, 0.4) is 0 Å². The highest BCUT2D eigenvalue weighted by Crippen LogP contribution is 2.41. The average molecular weight is 559 g/mol. The molecule has 0 aliphatic heterocycles. The number of aromatic nitrogens is 3. The van der Waals surface area contributed by atoms with Crippen molar-refractivity contribution < 1.29 is 42.1 Å². The van der Waals surface area contributed by atoms with Gasteiger partial charge in [0.15, 0.2) is 17.4 Å². The number of aliphatic carboxylic acids is 2. The Labute approximate surface area is 218 Å². The van der Waals surface area contributed by atoms with E-state index >= 15 is 0 Å². The van der Waals surface area contributed by atoms with Gasteiger partial charge in [0.05, 0.1) is 16.5 Å². The first-order chi connectivity index (χ1) is 17.9. The van der Waals surface area contributed by atoms with Crippen LogP contribution in [0.4, 0.5) is 29.2 Å². The number of nitrogens with zero attached hydrogens (tertiary/aromatic N) is 2. The molecule has 14 heteroatoms. The minimum atomic E-state index is -5.08.